The monoisotopic (exact) mass is 443 g/mol. The number of fused-ring (bicyclic) bond motifs is 3. The molecule has 3 aromatic rings. The van der Waals surface area contributed by atoms with Gasteiger partial charge in [-0.3, -0.25) is 4.98 Å². The first-order valence-electron chi connectivity index (χ1n) is 10.9. The molecule has 1 aliphatic carbocycles. The summed E-state index contributed by atoms with van der Waals surface area (Å²) in [5.41, 5.74) is 5.40. The third-order valence-corrected chi connectivity index (χ3v) is 7.31. The van der Waals surface area contributed by atoms with Crippen LogP contribution in [0.3, 0.4) is 0 Å². The Morgan fingerprint density at radius 1 is 1.15 bits per heavy atom. The second kappa shape index (κ2) is 7.85. The highest BCUT2D eigenvalue weighted by Crippen LogP contribution is 2.71. The summed E-state index contributed by atoms with van der Waals surface area (Å²) in [5, 5.41) is 33.4. The molecule has 5 rings (SSSR count). The predicted molar refractivity (Wildman–Crippen MR) is 120 cm³/mol. The summed E-state index contributed by atoms with van der Waals surface area (Å²) in [4.78, 5) is 4.23. The molecule has 168 valence electrons. The standard InChI is InChI=1S/C26H25N3O4/c1-32-21-13-29-14-22-24(21)25(31)20(12-28)18(15-30)23(16-7-3-2-4-8-16)26(25,33-22)19-10-6-5-9-17(19)11-27/h2-10,13-14,18,20,23,30-31H,12,15,28H2,1H3/t18-,20-,23+,25+,26-/m0/s1. The summed E-state index contributed by atoms with van der Waals surface area (Å²) >= 11 is 0. The molecule has 7 nitrogen and oxygen atoms in total. The van der Waals surface area contributed by atoms with Crippen LogP contribution in [0, 0.1) is 23.2 Å². The van der Waals surface area contributed by atoms with Crippen LogP contribution in [0.15, 0.2) is 67.0 Å². The summed E-state index contributed by atoms with van der Waals surface area (Å²) in [6, 6.07) is 19.0. The van der Waals surface area contributed by atoms with E-state index in [1.165, 1.54) is 13.3 Å². The lowest BCUT2D eigenvalue weighted by atomic mass is 9.69. The highest BCUT2D eigenvalue weighted by molar-refractivity contribution is 5.60. The quantitative estimate of drug-likeness (QED) is 0.554. The second-order valence-corrected chi connectivity index (χ2v) is 8.55. The third kappa shape index (κ3) is 2.63. The van der Waals surface area contributed by atoms with Gasteiger partial charge in [-0.05, 0) is 18.2 Å². The molecule has 0 saturated heterocycles. The number of methoxy groups -OCH3 is 1. The molecule has 2 aliphatic rings. The number of aliphatic hydroxyl groups is 2. The Morgan fingerprint density at radius 2 is 1.88 bits per heavy atom. The van der Waals surface area contributed by atoms with Crippen LogP contribution in [0.25, 0.3) is 0 Å². The van der Waals surface area contributed by atoms with E-state index in [0.717, 1.165) is 5.56 Å². The Labute approximate surface area is 192 Å². The van der Waals surface area contributed by atoms with E-state index in [0.29, 0.717) is 28.2 Å². The number of nitrogens with zero attached hydrogens (tertiary/aromatic N) is 2. The lowest BCUT2D eigenvalue weighted by Crippen LogP contribution is -2.52. The molecule has 0 radical (unpaired) electrons. The molecule has 2 aromatic carbocycles. The molecule has 1 aliphatic heterocycles. The summed E-state index contributed by atoms with van der Waals surface area (Å²) in [7, 11) is 1.51. The predicted octanol–water partition coefficient (Wildman–Crippen LogP) is 2.42. The number of rotatable bonds is 5. The molecule has 2 heterocycles. The molecule has 33 heavy (non-hydrogen) atoms. The van der Waals surface area contributed by atoms with E-state index in [4.69, 9.17) is 15.2 Å². The van der Waals surface area contributed by atoms with Gasteiger partial charge in [-0.25, -0.2) is 0 Å². The van der Waals surface area contributed by atoms with Crippen molar-refractivity contribution in [1.29, 1.82) is 5.26 Å². The fourth-order valence-corrected chi connectivity index (χ4v) is 6.13. The summed E-state index contributed by atoms with van der Waals surface area (Å²) in [6.07, 6.45) is 3.08. The number of pyridine rings is 1. The van der Waals surface area contributed by atoms with Gasteiger partial charge in [0.25, 0.3) is 0 Å². The Bertz CT molecular complexity index is 1230. The Balaban J connectivity index is 1.93. The van der Waals surface area contributed by atoms with Gasteiger partial charge < -0.3 is 25.4 Å². The van der Waals surface area contributed by atoms with Gasteiger partial charge in [0.2, 0.25) is 0 Å². The maximum atomic E-state index is 12.8. The van der Waals surface area contributed by atoms with E-state index < -0.39 is 29.0 Å². The zero-order valence-corrected chi connectivity index (χ0v) is 18.2. The summed E-state index contributed by atoms with van der Waals surface area (Å²) in [6.45, 7) is -0.123. The normalized spacial score (nSPS) is 29.6. The molecule has 5 atom stereocenters. The summed E-state index contributed by atoms with van der Waals surface area (Å²) < 4.78 is 12.3. The largest absolute Gasteiger partial charge is 0.495 e. The van der Waals surface area contributed by atoms with Crippen molar-refractivity contribution >= 4 is 0 Å². The molecule has 1 saturated carbocycles. The lowest BCUT2D eigenvalue weighted by Gasteiger charge is -2.42. The topological polar surface area (TPSA) is 122 Å². The number of hydrogen-bond acceptors (Lipinski definition) is 7. The number of nitriles is 1. The van der Waals surface area contributed by atoms with Crippen molar-refractivity contribution in [2.45, 2.75) is 17.1 Å². The molecule has 1 aromatic heterocycles. The van der Waals surface area contributed by atoms with Crippen LogP contribution in [-0.2, 0) is 11.2 Å². The zero-order valence-electron chi connectivity index (χ0n) is 18.2. The highest BCUT2D eigenvalue weighted by atomic mass is 16.5. The van der Waals surface area contributed by atoms with Gasteiger partial charge in [-0.1, -0.05) is 48.5 Å². The minimum absolute atomic E-state index is 0.0931. The molecule has 4 N–H and O–H groups in total. The van der Waals surface area contributed by atoms with Gasteiger partial charge in [0, 0.05) is 29.9 Å². The number of aromatic nitrogens is 1. The molecule has 0 bridgehead atoms. The van der Waals surface area contributed by atoms with Crippen molar-refractivity contribution in [3.05, 3.63) is 89.2 Å². The fraction of sp³-hybridized carbons (Fsp3) is 0.308. The first-order chi connectivity index (χ1) is 16.1. The van der Waals surface area contributed by atoms with Gasteiger partial charge in [0.1, 0.15) is 17.1 Å². The van der Waals surface area contributed by atoms with Crippen molar-refractivity contribution in [2.24, 2.45) is 17.6 Å². The summed E-state index contributed by atoms with van der Waals surface area (Å²) in [5.74, 6) is -0.790. The van der Waals surface area contributed by atoms with Gasteiger partial charge in [-0.15, -0.1) is 0 Å². The molecule has 0 amide bonds. The van der Waals surface area contributed by atoms with Crippen LogP contribution in [0.4, 0.5) is 0 Å². The van der Waals surface area contributed by atoms with Crippen molar-refractivity contribution in [3.63, 3.8) is 0 Å². The zero-order chi connectivity index (χ0) is 23.2. The minimum Gasteiger partial charge on any atom is -0.495 e. The highest BCUT2D eigenvalue weighted by Gasteiger charge is 2.76. The van der Waals surface area contributed by atoms with Crippen molar-refractivity contribution in [1.82, 2.24) is 4.98 Å². The number of ether oxygens (including phenoxy) is 2. The average Bonchev–Trinajstić information content (AvgIpc) is 3.25. The van der Waals surface area contributed by atoms with Crippen LogP contribution in [0.5, 0.6) is 11.5 Å². The smallest absolute Gasteiger partial charge is 0.176 e. The Kier molecular flexibility index (Phi) is 5.09. The first kappa shape index (κ1) is 21.4. The van der Waals surface area contributed by atoms with Crippen molar-refractivity contribution in [2.75, 3.05) is 20.3 Å². The van der Waals surface area contributed by atoms with Crippen molar-refractivity contribution < 1.29 is 19.7 Å². The van der Waals surface area contributed by atoms with Gasteiger partial charge in [0.15, 0.2) is 5.60 Å². The maximum absolute atomic E-state index is 12.8. The number of hydrogen-bond donors (Lipinski definition) is 3. The minimum atomic E-state index is -1.69. The number of aliphatic hydroxyl groups excluding tert-OH is 1. The van der Waals surface area contributed by atoms with Crippen LogP contribution in [0.2, 0.25) is 0 Å². The lowest BCUT2D eigenvalue weighted by molar-refractivity contribution is -0.127. The fourth-order valence-electron chi connectivity index (χ4n) is 6.13. The van der Waals surface area contributed by atoms with Gasteiger partial charge in [0.05, 0.1) is 36.7 Å². The Hall–Kier alpha value is -3.44. The molecule has 7 heteroatoms. The van der Waals surface area contributed by atoms with E-state index in [2.05, 4.69) is 11.1 Å². The SMILES string of the molecule is COc1cncc2c1[C@]1(O)[C@@H](CN)[C@H](CO)[C@@H](c3ccccc3)[C@]1(c1ccccc1C#N)O2. The molecule has 0 spiro atoms. The van der Waals surface area contributed by atoms with Crippen LogP contribution >= 0.6 is 0 Å². The van der Waals surface area contributed by atoms with Crippen LogP contribution in [-0.4, -0.2) is 35.5 Å². The first-order valence-corrected chi connectivity index (χ1v) is 10.9. The third-order valence-electron chi connectivity index (χ3n) is 7.31. The van der Waals surface area contributed by atoms with E-state index in [1.54, 1.807) is 24.4 Å². The van der Waals surface area contributed by atoms with E-state index in [1.807, 2.05) is 36.4 Å². The van der Waals surface area contributed by atoms with Crippen molar-refractivity contribution in [3.8, 4) is 17.6 Å². The van der Waals surface area contributed by atoms with Crippen LogP contribution < -0.4 is 15.2 Å². The van der Waals surface area contributed by atoms with E-state index >= 15 is 0 Å². The van der Waals surface area contributed by atoms with Crippen LogP contribution in [0.1, 0.15) is 28.2 Å². The van der Waals surface area contributed by atoms with Gasteiger partial charge in [-0.2, -0.15) is 5.26 Å². The van der Waals surface area contributed by atoms with Gasteiger partial charge >= 0.3 is 0 Å². The average molecular weight is 444 g/mol. The molecular formula is C26H25N3O4. The molecular weight excluding hydrogens is 418 g/mol. The number of nitrogens with two attached hydrogens (primary N) is 1. The maximum Gasteiger partial charge on any atom is 0.176 e. The molecule has 1 fully saturated rings. The number of benzene rings is 2. The molecule has 0 unspecified atom stereocenters. The van der Waals surface area contributed by atoms with E-state index in [-0.39, 0.29) is 13.2 Å². The Morgan fingerprint density at radius 3 is 2.55 bits per heavy atom. The second-order valence-electron chi connectivity index (χ2n) is 8.55. The van der Waals surface area contributed by atoms with E-state index in [9.17, 15) is 15.5 Å².